The summed E-state index contributed by atoms with van der Waals surface area (Å²) in [6, 6.07) is 11.0. The molecule has 1 amide bonds. The van der Waals surface area contributed by atoms with Gasteiger partial charge in [-0.25, -0.2) is 4.39 Å². The lowest BCUT2D eigenvalue weighted by molar-refractivity contribution is -0.114. The van der Waals surface area contributed by atoms with Crippen LogP contribution in [0.2, 0.25) is 5.02 Å². The van der Waals surface area contributed by atoms with Crippen LogP contribution < -0.4 is 4.74 Å². The zero-order valence-corrected chi connectivity index (χ0v) is 18.1. The van der Waals surface area contributed by atoms with Gasteiger partial charge < -0.3 is 4.74 Å². The van der Waals surface area contributed by atoms with E-state index in [4.69, 9.17) is 21.7 Å². The molecule has 2 aromatic rings. The third-order valence-corrected chi connectivity index (χ3v) is 5.74. The second-order valence-electron chi connectivity index (χ2n) is 6.86. The Kier molecular flexibility index (Phi) is 6.20. The SMILES string of the molecule is CCCC1=NN2C(=N)/C(=C/c3cc(Cl)ccc3OCc3ccc(F)cc3)C(=O)N=C2S1. The fourth-order valence-electron chi connectivity index (χ4n) is 3.01. The molecule has 31 heavy (non-hydrogen) atoms. The number of carbonyl (C=O) groups is 1. The topological polar surface area (TPSA) is 78.1 Å². The van der Waals surface area contributed by atoms with E-state index >= 15 is 0 Å². The van der Waals surface area contributed by atoms with Gasteiger partial charge >= 0.3 is 0 Å². The number of thioether (sulfide) groups is 1. The van der Waals surface area contributed by atoms with Gasteiger partial charge in [0, 0.05) is 10.6 Å². The summed E-state index contributed by atoms with van der Waals surface area (Å²) < 4.78 is 19.0. The minimum atomic E-state index is -0.513. The molecule has 0 unspecified atom stereocenters. The van der Waals surface area contributed by atoms with Crippen molar-refractivity contribution in [1.29, 1.82) is 5.41 Å². The quantitative estimate of drug-likeness (QED) is 0.584. The largest absolute Gasteiger partial charge is 0.488 e. The summed E-state index contributed by atoms with van der Waals surface area (Å²) in [4.78, 5) is 16.7. The van der Waals surface area contributed by atoms with E-state index in [1.54, 1.807) is 30.3 Å². The van der Waals surface area contributed by atoms with Crippen molar-refractivity contribution in [3.05, 3.63) is 70.0 Å². The fourth-order valence-corrected chi connectivity index (χ4v) is 4.17. The van der Waals surface area contributed by atoms with E-state index < -0.39 is 5.91 Å². The smallest absolute Gasteiger partial charge is 0.283 e. The van der Waals surface area contributed by atoms with E-state index in [0.29, 0.717) is 21.5 Å². The van der Waals surface area contributed by atoms with Gasteiger partial charge in [-0.3, -0.25) is 10.2 Å². The highest BCUT2D eigenvalue weighted by molar-refractivity contribution is 8.26. The zero-order valence-electron chi connectivity index (χ0n) is 16.6. The number of hydrogen-bond acceptors (Lipinski definition) is 5. The number of hydrogen-bond donors (Lipinski definition) is 1. The Morgan fingerprint density at radius 1 is 1.26 bits per heavy atom. The van der Waals surface area contributed by atoms with Crippen molar-refractivity contribution >= 4 is 51.4 Å². The number of amides is 1. The van der Waals surface area contributed by atoms with Crippen molar-refractivity contribution in [2.45, 2.75) is 26.4 Å². The van der Waals surface area contributed by atoms with Crippen molar-refractivity contribution in [2.24, 2.45) is 10.1 Å². The van der Waals surface area contributed by atoms with E-state index in [2.05, 4.69) is 10.1 Å². The molecule has 0 fully saturated rings. The molecule has 9 heteroatoms. The third kappa shape index (κ3) is 4.70. The molecule has 0 spiro atoms. The van der Waals surface area contributed by atoms with Gasteiger partial charge in [-0.2, -0.15) is 15.1 Å². The number of benzene rings is 2. The second kappa shape index (κ2) is 9.03. The number of carbonyl (C=O) groups excluding carboxylic acids is 1. The summed E-state index contributed by atoms with van der Waals surface area (Å²) in [5, 5.41) is 16.0. The normalized spacial score (nSPS) is 17.0. The molecular weight excluding hydrogens is 439 g/mol. The lowest BCUT2D eigenvalue weighted by Gasteiger charge is -2.20. The number of aliphatic imine (C=N–C) groups is 1. The molecule has 0 atom stereocenters. The van der Waals surface area contributed by atoms with Crippen molar-refractivity contribution in [3.8, 4) is 5.75 Å². The molecule has 0 radical (unpaired) electrons. The molecule has 2 heterocycles. The molecule has 2 aliphatic heterocycles. The second-order valence-corrected chi connectivity index (χ2v) is 8.34. The lowest BCUT2D eigenvalue weighted by atomic mass is 10.1. The van der Waals surface area contributed by atoms with Gasteiger partial charge in [0.05, 0.1) is 5.57 Å². The van der Waals surface area contributed by atoms with Crippen LogP contribution in [-0.2, 0) is 11.4 Å². The minimum Gasteiger partial charge on any atom is -0.488 e. The number of hydrazone groups is 1. The number of halogens is 2. The average molecular weight is 457 g/mol. The molecule has 0 aliphatic carbocycles. The standard InChI is InChI=1S/C22H18ClFN4O2S/c1-2-3-19-27-28-20(25)17(21(29)26-22(28)31-19)11-14-10-15(23)6-9-18(14)30-12-13-4-7-16(24)8-5-13/h4-11,25H,2-3,12H2,1H3/b17-11-,25-20?. The maximum Gasteiger partial charge on any atom is 0.283 e. The molecule has 2 aliphatic rings. The summed E-state index contributed by atoms with van der Waals surface area (Å²) in [7, 11) is 0. The van der Waals surface area contributed by atoms with E-state index in [0.717, 1.165) is 23.4 Å². The van der Waals surface area contributed by atoms with Crippen LogP contribution in [0, 0.1) is 11.2 Å². The maximum absolute atomic E-state index is 13.1. The first-order valence-corrected chi connectivity index (χ1v) is 10.8. The number of nitrogens with zero attached hydrogens (tertiary/aromatic N) is 3. The van der Waals surface area contributed by atoms with Crippen molar-refractivity contribution in [1.82, 2.24) is 5.01 Å². The molecule has 0 saturated carbocycles. The first-order chi connectivity index (χ1) is 14.9. The fraction of sp³-hybridized carbons (Fsp3) is 0.182. The third-order valence-electron chi connectivity index (χ3n) is 4.54. The molecule has 1 N–H and O–H groups in total. The highest BCUT2D eigenvalue weighted by atomic mass is 35.5. The molecule has 0 aromatic heterocycles. The van der Waals surface area contributed by atoms with Crippen LogP contribution in [0.5, 0.6) is 5.75 Å². The number of rotatable bonds is 6. The van der Waals surface area contributed by atoms with Crippen LogP contribution in [-0.4, -0.2) is 27.0 Å². The minimum absolute atomic E-state index is 0.0435. The number of amidine groups is 2. The van der Waals surface area contributed by atoms with Gasteiger partial charge in [-0.05, 0) is 66.6 Å². The monoisotopic (exact) mass is 456 g/mol. The molecule has 4 rings (SSSR count). The van der Waals surface area contributed by atoms with Crippen molar-refractivity contribution in [2.75, 3.05) is 0 Å². The van der Waals surface area contributed by atoms with Crippen molar-refractivity contribution in [3.63, 3.8) is 0 Å². The zero-order chi connectivity index (χ0) is 22.0. The predicted octanol–water partition coefficient (Wildman–Crippen LogP) is 5.48. The Morgan fingerprint density at radius 2 is 2.03 bits per heavy atom. The van der Waals surface area contributed by atoms with E-state index in [1.807, 2.05) is 6.92 Å². The first kappa shape index (κ1) is 21.3. The summed E-state index contributed by atoms with van der Waals surface area (Å²) >= 11 is 7.47. The van der Waals surface area contributed by atoms with Gasteiger partial charge in [0.25, 0.3) is 5.91 Å². The Morgan fingerprint density at radius 3 is 2.77 bits per heavy atom. The molecule has 2 aromatic carbocycles. The predicted molar refractivity (Wildman–Crippen MR) is 122 cm³/mol. The summed E-state index contributed by atoms with van der Waals surface area (Å²) in [5.74, 6) is -0.401. The number of ether oxygens (including phenoxy) is 1. The van der Waals surface area contributed by atoms with Crippen molar-refractivity contribution < 1.29 is 13.9 Å². The lowest BCUT2D eigenvalue weighted by Crippen LogP contribution is -2.35. The molecule has 0 bridgehead atoms. The Bertz CT molecular complexity index is 1140. The van der Waals surface area contributed by atoms with Crippen LogP contribution in [0.4, 0.5) is 4.39 Å². The van der Waals surface area contributed by atoms with Crippen LogP contribution in [0.15, 0.2) is 58.1 Å². The summed E-state index contributed by atoms with van der Waals surface area (Å²) in [5.41, 5.74) is 1.42. The Hall–Kier alpha value is -2.97. The number of fused-ring (bicyclic) bond motifs is 1. The summed E-state index contributed by atoms with van der Waals surface area (Å²) in [6.45, 7) is 2.25. The number of nitrogens with one attached hydrogen (secondary N) is 1. The Balaban J connectivity index is 1.62. The van der Waals surface area contributed by atoms with Gasteiger partial charge in [0.1, 0.15) is 23.2 Å². The van der Waals surface area contributed by atoms with Crippen LogP contribution in [0.3, 0.4) is 0 Å². The first-order valence-electron chi connectivity index (χ1n) is 9.60. The van der Waals surface area contributed by atoms with Crippen LogP contribution >= 0.6 is 23.4 Å². The highest BCUT2D eigenvalue weighted by Gasteiger charge is 2.35. The van der Waals surface area contributed by atoms with Crippen LogP contribution in [0.1, 0.15) is 30.9 Å². The van der Waals surface area contributed by atoms with Gasteiger partial charge in [0.15, 0.2) is 5.84 Å². The molecule has 158 valence electrons. The summed E-state index contributed by atoms with van der Waals surface area (Å²) in [6.07, 6.45) is 3.21. The van der Waals surface area contributed by atoms with E-state index in [9.17, 15) is 9.18 Å². The van der Waals surface area contributed by atoms with Gasteiger partial charge in [-0.15, -0.1) is 0 Å². The molecule has 0 saturated heterocycles. The maximum atomic E-state index is 13.1. The average Bonchev–Trinajstić information content (AvgIpc) is 3.14. The van der Waals surface area contributed by atoms with E-state index in [1.165, 1.54) is 35.0 Å². The Labute approximate surface area is 188 Å². The molecular formula is C22H18ClFN4O2S. The highest BCUT2D eigenvalue weighted by Crippen LogP contribution is 2.32. The van der Waals surface area contributed by atoms with E-state index in [-0.39, 0.29) is 23.8 Å². The molecule has 6 nitrogen and oxygen atoms in total. The van der Waals surface area contributed by atoms with Crippen LogP contribution in [0.25, 0.3) is 6.08 Å². The van der Waals surface area contributed by atoms with Gasteiger partial charge in [0.2, 0.25) is 5.17 Å². The van der Waals surface area contributed by atoms with Gasteiger partial charge in [-0.1, -0.05) is 30.7 Å².